The van der Waals surface area contributed by atoms with E-state index in [1.54, 1.807) is 20.8 Å². The first-order valence-corrected chi connectivity index (χ1v) is 6.81. The molecule has 0 aliphatic heterocycles. The minimum atomic E-state index is -1.24. The van der Waals surface area contributed by atoms with Crippen LogP contribution in [0.2, 0.25) is 0 Å². The smallest absolute Gasteiger partial charge is 0.434 e. The molecular weight excluding hydrogens is 278 g/mol. The standard InChI is InChI=1S/C13H23N3O5/c1-7(2)6-8(14-11(18)21-13(3,4)5)9(17)10-15-16-12(19)20-10/h7-9,17H,6H2,1-5H3,(H,14,18)(H,16,19)/t8-,9?/m0/s1. The molecule has 1 amide bonds. The summed E-state index contributed by atoms with van der Waals surface area (Å²) in [5.41, 5.74) is -0.643. The number of amides is 1. The van der Waals surface area contributed by atoms with Crippen LogP contribution in [0.5, 0.6) is 0 Å². The number of H-pyrrole nitrogens is 1. The average molecular weight is 301 g/mol. The van der Waals surface area contributed by atoms with Crippen molar-refractivity contribution in [3.8, 4) is 0 Å². The molecule has 0 saturated heterocycles. The molecule has 1 rings (SSSR count). The molecule has 0 spiro atoms. The zero-order valence-electron chi connectivity index (χ0n) is 13.0. The maximum absolute atomic E-state index is 11.8. The number of aliphatic hydroxyl groups excluding tert-OH is 1. The largest absolute Gasteiger partial charge is 0.444 e. The van der Waals surface area contributed by atoms with Crippen LogP contribution in [0.1, 0.15) is 53.0 Å². The molecule has 21 heavy (non-hydrogen) atoms. The SMILES string of the molecule is CC(C)C[C@H](NC(=O)OC(C)(C)C)C(O)c1n[nH]c(=O)o1. The summed E-state index contributed by atoms with van der Waals surface area (Å²) in [5, 5.41) is 18.4. The lowest BCUT2D eigenvalue weighted by molar-refractivity contribution is 0.0363. The molecule has 1 aromatic heterocycles. The van der Waals surface area contributed by atoms with Gasteiger partial charge in [-0.1, -0.05) is 13.8 Å². The molecule has 2 atom stereocenters. The van der Waals surface area contributed by atoms with Gasteiger partial charge in [-0.05, 0) is 33.1 Å². The molecule has 0 fully saturated rings. The van der Waals surface area contributed by atoms with Crippen LogP contribution in [0.4, 0.5) is 4.79 Å². The molecular formula is C13H23N3O5. The summed E-state index contributed by atoms with van der Waals surface area (Å²) >= 11 is 0. The molecule has 0 radical (unpaired) electrons. The van der Waals surface area contributed by atoms with Gasteiger partial charge in [-0.15, -0.1) is 5.10 Å². The summed E-state index contributed by atoms with van der Waals surface area (Å²) < 4.78 is 9.89. The van der Waals surface area contributed by atoms with Gasteiger partial charge >= 0.3 is 11.8 Å². The van der Waals surface area contributed by atoms with E-state index in [1.807, 2.05) is 13.8 Å². The van der Waals surface area contributed by atoms with Crippen molar-refractivity contribution in [3.63, 3.8) is 0 Å². The van der Waals surface area contributed by atoms with E-state index in [9.17, 15) is 14.7 Å². The second kappa shape index (κ2) is 6.75. The molecule has 1 aromatic rings. The number of aromatic nitrogens is 2. The zero-order chi connectivity index (χ0) is 16.2. The molecule has 8 heteroatoms. The number of hydrogen-bond acceptors (Lipinski definition) is 6. The minimum Gasteiger partial charge on any atom is -0.444 e. The van der Waals surface area contributed by atoms with Gasteiger partial charge in [-0.2, -0.15) is 0 Å². The highest BCUT2D eigenvalue weighted by molar-refractivity contribution is 5.68. The third-order valence-electron chi connectivity index (χ3n) is 2.52. The number of alkyl carbamates (subject to hydrolysis) is 1. The number of ether oxygens (including phenoxy) is 1. The first-order chi connectivity index (χ1) is 9.58. The molecule has 120 valence electrons. The van der Waals surface area contributed by atoms with Gasteiger partial charge in [0.15, 0.2) is 6.10 Å². The Kier molecular flexibility index (Phi) is 5.54. The highest BCUT2D eigenvalue weighted by atomic mass is 16.6. The van der Waals surface area contributed by atoms with Crippen molar-refractivity contribution >= 4 is 6.09 Å². The van der Waals surface area contributed by atoms with Crippen LogP contribution in [0.25, 0.3) is 0 Å². The van der Waals surface area contributed by atoms with Gasteiger partial charge in [-0.25, -0.2) is 14.7 Å². The fourth-order valence-corrected chi connectivity index (χ4v) is 1.77. The monoisotopic (exact) mass is 301 g/mol. The second-order valence-electron chi connectivity index (χ2n) is 6.28. The Balaban J connectivity index is 2.80. The molecule has 0 bridgehead atoms. The van der Waals surface area contributed by atoms with E-state index < -0.39 is 29.6 Å². The van der Waals surface area contributed by atoms with E-state index in [2.05, 4.69) is 15.5 Å². The second-order valence-corrected chi connectivity index (χ2v) is 6.28. The van der Waals surface area contributed by atoms with Crippen molar-refractivity contribution in [3.05, 3.63) is 16.4 Å². The molecule has 0 aliphatic rings. The van der Waals surface area contributed by atoms with Crippen LogP contribution < -0.4 is 11.1 Å². The van der Waals surface area contributed by atoms with Crippen LogP contribution in [0, 0.1) is 5.92 Å². The summed E-state index contributed by atoms with van der Waals surface area (Å²) in [6.45, 7) is 9.11. The molecule has 0 aliphatic carbocycles. The van der Waals surface area contributed by atoms with E-state index in [1.165, 1.54) is 0 Å². The predicted octanol–water partition coefficient (Wildman–Crippen LogP) is 1.34. The first kappa shape index (κ1) is 17.2. The van der Waals surface area contributed by atoms with E-state index in [4.69, 9.17) is 9.15 Å². The van der Waals surface area contributed by atoms with Gasteiger partial charge in [-0.3, -0.25) is 0 Å². The Morgan fingerprint density at radius 1 is 1.48 bits per heavy atom. The third-order valence-corrected chi connectivity index (χ3v) is 2.52. The maximum Gasteiger partial charge on any atom is 0.434 e. The molecule has 0 aromatic carbocycles. The maximum atomic E-state index is 11.8. The van der Waals surface area contributed by atoms with Gasteiger partial charge in [0.05, 0.1) is 6.04 Å². The number of aromatic amines is 1. The van der Waals surface area contributed by atoms with Crippen molar-refractivity contribution in [1.29, 1.82) is 0 Å². The quantitative estimate of drug-likeness (QED) is 0.755. The van der Waals surface area contributed by atoms with E-state index in [0.717, 1.165) is 0 Å². The van der Waals surface area contributed by atoms with Gasteiger partial charge < -0.3 is 19.6 Å². The fraction of sp³-hybridized carbons (Fsp3) is 0.769. The van der Waals surface area contributed by atoms with Crippen LogP contribution in [0.15, 0.2) is 9.21 Å². The van der Waals surface area contributed by atoms with Crippen molar-refractivity contribution < 1.29 is 19.1 Å². The summed E-state index contributed by atoms with van der Waals surface area (Å²) in [6.07, 6.45) is -1.42. The van der Waals surface area contributed by atoms with Crippen LogP contribution >= 0.6 is 0 Å². The van der Waals surface area contributed by atoms with Crippen molar-refractivity contribution in [1.82, 2.24) is 15.5 Å². The fourth-order valence-electron chi connectivity index (χ4n) is 1.77. The number of hydrogen-bond donors (Lipinski definition) is 3. The van der Waals surface area contributed by atoms with Crippen molar-refractivity contribution in [2.24, 2.45) is 5.92 Å². The molecule has 1 unspecified atom stereocenters. The van der Waals surface area contributed by atoms with E-state index in [0.29, 0.717) is 6.42 Å². The number of nitrogens with one attached hydrogen (secondary N) is 2. The Morgan fingerprint density at radius 3 is 2.52 bits per heavy atom. The number of carbonyl (C=O) groups is 1. The van der Waals surface area contributed by atoms with Gasteiger partial charge in [0.25, 0.3) is 0 Å². The Bertz CT molecular complexity index is 514. The molecule has 8 nitrogen and oxygen atoms in total. The Labute approximate surface area is 122 Å². The van der Waals surface area contributed by atoms with E-state index >= 15 is 0 Å². The average Bonchev–Trinajstić information content (AvgIpc) is 2.70. The first-order valence-electron chi connectivity index (χ1n) is 6.81. The summed E-state index contributed by atoms with van der Waals surface area (Å²) in [7, 11) is 0. The number of carbonyl (C=O) groups excluding carboxylic acids is 1. The van der Waals surface area contributed by atoms with Crippen LogP contribution in [-0.4, -0.2) is 33.0 Å². The lowest BCUT2D eigenvalue weighted by Crippen LogP contribution is -2.43. The van der Waals surface area contributed by atoms with Gasteiger partial charge in [0.2, 0.25) is 5.89 Å². The highest BCUT2D eigenvalue weighted by Gasteiger charge is 2.29. The normalized spacial score (nSPS) is 14.8. The van der Waals surface area contributed by atoms with Crippen molar-refractivity contribution in [2.45, 2.75) is 58.8 Å². The number of nitrogens with zero attached hydrogens (tertiary/aromatic N) is 1. The van der Waals surface area contributed by atoms with Crippen LogP contribution in [0.3, 0.4) is 0 Å². The Morgan fingerprint density at radius 2 is 2.10 bits per heavy atom. The molecule has 3 N–H and O–H groups in total. The molecule has 0 saturated carbocycles. The summed E-state index contributed by atoms with van der Waals surface area (Å²) in [5.74, 6) is -0.725. The summed E-state index contributed by atoms with van der Waals surface area (Å²) in [6, 6.07) is -0.675. The van der Waals surface area contributed by atoms with Crippen LogP contribution in [-0.2, 0) is 4.74 Å². The van der Waals surface area contributed by atoms with Gasteiger partial charge in [0, 0.05) is 0 Å². The summed E-state index contributed by atoms with van der Waals surface area (Å²) in [4.78, 5) is 22.8. The topological polar surface area (TPSA) is 117 Å². The third kappa shape index (κ3) is 5.99. The lowest BCUT2D eigenvalue weighted by Gasteiger charge is -2.26. The highest BCUT2D eigenvalue weighted by Crippen LogP contribution is 2.20. The number of rotatable bonds is 5. The minimum absolute atomic E-state index is 0.165. The Hall–Kier alpha value is -1.83. The predicted molar refractivity (Wildman–Crippen MR) is 74.7 cm³/mol. The zero-order valence-corrected chi connectivity index (χ0v) is 13.0. The van der Waals surface area contributed by atoms with Crippen molar-refractivity contribution in [2.75, 3.05) is 0 Å². The lowest BCUT2D eigenvalue weighted by atomic mass is 9.99. The van der Waals surface area contributed by atoms with Gasteiger partial charge in [0.1, 0.15) is 5.60 Å². The molecule has 1 heterocycles. The van der Waals surface area contributed by atoms with E-state index in [-0.39, 0.29) is 11.8 Å². The number of aliphatic hydroxyl groups is 1.